The van der Waals surface area contributed by atoms with E-state index in [9.17, 15) is 19.9 Å². The molecule has 1 amide bonds. The molecule has 0 saturated heterocycles. The molecule has 0 radical (unpaired) electrons. The maximum absolute atomic E-state index is 13.1. The van der Waals surface area contributed by atoms with E-state index in [-0.39, 0.29) is 23.6 Å². The molecule has 0 bridgehead atoms. The molecule has 11 heteroatoms. The zero-order valence-electron chi connectivity index (χ0n) is 20.6. The fourth-order valence-electron chi connectivity index (χ4n) is 4.01. The van der Waals surface area contributed by atoms with Crippen LogP contribution < -0.4 is 5.32 Å². The first-order valence-corrected chi connectivity index (χ1v) is 12.6. The number of hydrogen-bond acceptors (Lipinski definition) is 7. The smallest absolute Gasteiger partial charge is 0.335 e. The largest absolute Gasteiger partial charge is 0.461 e. The molecule has 4 rings (SSSR count). The summed E-state index contributed by atoms with van der Waals surface area (Å²) in [4.78, 5) is 25.9. The first-order chi connectivity index (χ1) is 18.1. The van der Waals surface area contributed by atoms with Crippen LogP contribution in [0, 0.1) is 0 Å². The standard InChI is InChI=1S/C27H26Cl2N4O5/c1-15(2)38-27(36)25(34)14-20(30-26(35)18-7-10-23-24(12-18)33(37)32-31-23)11-16-3-5-17(6-4-16)21-13-19(28)8-9-22(21)29/h3-10,12-13,15,20,25,34,37H,11,14H2,1-2H3,(H,30,35)/t20-,25-/m1/s1. The van der Waals surface area contributed by atoms with Crippen molar-refractivity contribution in [3.8, 4) is 11.1 Å². The number of benzene rings is 3. The number of ether oxygens (including phenoxy) is 1. The van der Waals surface area contributed by atoms with Gasteiger partial charge in [0.2, 0.25) is 0 Å². The molecule has 3 aromatic carbocycles. The van der Waals surface area contributed by atoms with Crippen molar-refractivity contribution in [3.63, 3.8) is 0 Å². The molecule has 3 N–H and O–H groups in total. The SMILES string of the molecule is CC(C)OC(=O)[C@H](O)C[C@@H](Cc1ccc(-c2cc(Cl)ccc2Cl)cc1)NC(=O)c1ccc2nnn(O)c2c1. The lowest BCUT2D eigenvalue weighted by Gasteiger charge is -2.22. The van der Waals surface area contributed by atoms with Crippen LogP contribution in [0.1, 0.15) is 36.2 Å². The van der Waals surface area contributed by atoms with Crippen molar-refractivity contribution in [2.45, 2.75) is 44.9 Å². The number of nitrogens with one attached hydrogen (secondary N) is 1. The third-order valence-corrected chi connectivity index (χ3v) is 6.40. The average molecular weight is 557 g/mol. The molecule has 0 aliphatic rings. The fraction of sp³-hybridized carbons (Fsp3) is 0.259. The van der Waals surface area contributed by atoms with Crippen LogP contribution in [-0.4, -0.2) is 55.6 Å². The molecule has 9 nitrogen and oxygen atoms in total. The molecule has 1 heterocycles. The fourth-order valence-corrected chi connectivity index (χ4v) is 4.41. The molecule has 38 heavy (non-hydrogen) atoms. The van der Waals surface area contributed by atoms with Crippen LogP contribution in [0.3, 0.4) is 0 Å². The molecule has 0 saturated carbocycles. The lowest BCUT2D eigenvalue weighted by Crippen LogP contribution is -2.41. The highest BCUT2D eigenvalue weighted by Gasteiger charge is 2.25. The second-order valence-corrected chi connectivity index (χ2v) is 9.96. The Morgan fingerprint density at radius 1 is 1.05 bits per heavy atom. The summed E-state index contributed by atoms with van der Waals surface area (Å²) in [6, 6.07) is 16.7. The zero-order valence-corrected chi connectivity index (χ0v) is 22.1. The van der Waals surface area contributed by atoms with Crippen molar-refractivity contribution >= 4 is 46.1 Å². The van der Waals surface area contributed by atoms with Gasteiger partial charge < -0.3 is 20.4 Å². The third kappa shape index (κ3) is 6.61. The van der Waals surface area contributed by atoms with Crippen molar-refractivity contribution in [2.24, 2.45) is 0 Å². The number of rotatable bonds is 9. The van der Waals surface area contributed by atoms with Gasteiger partial charge in [-0.1, -0.05) is 52.3 Å². The summed E-state index contributed by atoms with van der Waals surface area (Å²) >= 11 is 12.5. The molecule has 0 aliphatic carbocycles. The van der Waals surface area contributed by atoms with Gasteiger partial charge in [-0.15, -0.1) is 5.10 Å². The number of fused-ring (bicyclic) bond motifs is 1. The van der Waals surface area contributed by atoms with E-state index in [0.29, 0.717) is 26.8 Å². The minimum absolute atomic E-state index is 0.0686. The van der Waals surface area contributed by atoms with Gasteiger partial charge in [-0.2, -0.15) is 0 Å². The van der Waals surface area contributed by atoms with Crippen molar-refractivity contribution in [2.75, 3.05) is 0 Å². The van der Waals surface area contributed by atoms with Gasteiger partial charge in [0.05, 0.1) is 6.10 Å². The van der Waals surface area contributed by atoms with Gasteiger partial charge in [0.25, 0.3) is 5.91 Å². The van der Waals surface area contributed by atoms with Gasteiger partial charge in [-0.25, -0.2) is 4.79 Å². The maximum Gasteiger partial charge on any atom is 0.335 e. The normalized spacial score (nSPS) is 12.9. The Morgan fingerprint density at radius 3 is 2.50 bits per heavy atom. The Balaban J connectivity index is 1.54. The molecule has 0 spiro atoms. The topological polar surface area (TPSA) is 127 Å². The predicted molar refractivity (Wildman–Crippen MR) is 143 cm³/mol. The van der Waals surface area contributed by atoms with Gasteiger partial charge in [0.1, 0.15) is 11.0 Å². The summed E-state index contributed by atoms with van der Waals surface area (Å²) < 4.78 is 5.12. The minimum atomic E-state index is -1.43. The number of hydrogen-bond donors (Lipinski definition) is 3. The highest BCUT2D eigenvalue weighted by Crippen LogP contribution is 2.31. The first kappa shape index (κ1) is 27.4. The van der Waals surface area contributed by atoms with Gasteiger partial charge in [-0.05, 0) is 73.0 Å². The molecule has 1 aromatic heterocycles. The van der Waals surface area contributed by atoms with Crippen LogP contribution in [0.25, 0.3) is 22.2 Å². The summed E-state index contributed by atoms with van der Waals surface area (Å²) in [5.41, 5.74) is 3.46. The molecular weight excluding hydrogens is 531 g/mol. The number of aliphatic hydroxyl groups is 1. The van der Waals surface area contributed by atoms with Gasteiger partial charge >= 0.3 is 5.97 Å². The van der Waals surface area contributed by atoms with Crippen LogP contribution in [0.15, 0.2) is 60.7 Å². The number of nitrogens with zero attached hydrogens (tertiary/aromatic N) is 3. The van der Waals surface area contributed by atoms with Crippen molar-refractivity contribution in [1.29, 1.82) is 0 Å². The summed E-state index contributed by atoms with van der Waals surface area (Å²) in [5, 5.41) is 31.6. The number of halogens is 2. The van der Waals surface area contributed by atoms with Crippen LogP contribution in [0.2, 0.25) is 10.0 Å². The summed E-state index contributed by atoms with van der Waals surface area (Å²) in [6.45, 7) is 3.38. The van der Waals surface area contributed by atoms with E-state index in [1.54, 1.807) is 44.2 Å². The molecular formula is C27H26Cl2N4O5. The lowest BCUT2D eigenvalue weighted by atomic mass is 9.97. The van der Waals surface area contributed by atoms with Gasteiger partial charge in [-0.3, -0.25) is 4.79 Å². The quantitative estimate of drug-likeness (QED) is 0.201. The average Bonchev–Trinajstić information content (AvgIpc) is 3.25. The molecule has 0 fully saturated rings. The molecule has 0 aliphatic heterocycles. The van der Waals surface area contributed by atoms with Crippen LogP contribution in [0.5, 0.6) is 0 Å². The van der Waals surface area contributed by atoms with E-state index < -0.39 is 24.0 Å². The third-order valence-electron chi connectivity index (χ3n) is 5.83. The van der Waals surface area contributed by atoms with Gasteiger partial charge in [0, 0.05) is 33.6 Å². The van der Waals surface area contributed by atoms with E-state index in [1.165, 1.54) is 6.07 Å². The van der Waals surface area contributed by atoms with Crippen molar-refractivity contribution in [3.05, 3.63) is 81.8 Å². The highest BCUT2D eigenvalue weighted by atomic mass is 35.5. The lowest BCUT2D eigenvalue weighted by molar-refractivity contribution is -0.158. The Labute approximate surface area is 228 Å². The predicted octanol–water partition coefficient (Wildman–Crippen LogP) is 4.69. The monoisotopic (exact) mass is 556 g/mol. The van der Waals surface area contributed by atoms with Crippen molar-refractivity contribution in [1.82, 2.24) is 20.5 Å². The van der Waals surface area contributed by atoms with Gasteiger partial charge in [0.15, 0.2) is 6.10 Å². The van der Waals surface area contributed by atoms with Crippen LogP contribution in [0.4, 0.5) is 0 Å². The molecule has 4 aromatic rings. The first-order valence-electron chi connectivity index (χ1n) is 11.9. The van der Waals surface area contributed by atoms with Crippen LogP contribution in [-0.2, 0) is 16.0 Å². The maximum atomic E-state index is 13.1. The molecule has 0 unspecified atom stereocenters. The van der Waals surface area contributed by atoms with Crippen molar-refractivity contribution < 1.29 is 24.6 Å². The summed E-state index contributed by atoms with van der Waals surface area (Å²) in [5.74, 6) is -1.22. The number of amides is 1. The Morgan fingerprint density at radius 2 is 1.79 bits per heavy atom. The molecule has 2 atom stereocenters. The van der Waals surface area contributed by atoms with E-state index in [2.05, 4.69) is 15.6 Å². The summed E-state index contributed by atoms with van der Waals surface area (Å²) in [6.07, 6.45) is -1.57. The number of aliphatic hydroxyl groups excluding tert-OH is 1. The zero-order chi connectivity index (χ0) is 27.4. The second-order valence-electron chi connectivity index (χ2n) is 9.12. The Bertz CT molecular complexity index is 1460. The number of carbonyl (C=O) groups excluding carboxylic acids is 2. The Hall–Kier alpha value is -3.66. The van der Waals surface area contributed by atoms with E-state index in [4.69, 9.17) is 27.9 Å². The summed E-state index contributed by atoms with van der Waals surface area (Å²) in [7, 11) is 0. The molecule has 198 valence electrons. The number of aromatic nitrogens is 3. The van der Waals surface area contributed by atoms with E-state index in [0.717, 1.165) is 16.7 Å². The van der Waals surface area contributed by atoms with Crippen LogP contribution >= 0.6 is 23.2 Å². The highest BCUT2D eigenvalue weighted by molar-refractivity contribution is 6.35. The Kier molecular flexibility index (Phi) is 8.51. The van der Waals surface area contributed by atoms with E-state index >= 15 is 0 Å². The number of esters is 1. The number of carbonyl (C=O) groups is 2. The van der Waals surface area contributed by atoms with E-state index in [1.807, 2.05) is 24.3 Å². The second kappa shape index (κ2) is 11.8. The minimum Gasteiger partial charge on any atom is -0.461 e.